The molecule has 1 aliphatic heterocycles. The first-order valence-corrected chi connectivity index (χ1v) is 7.60. The molecule has 0 saturated carbocycles. The van der Waals surface area contributed by atoms with Gasteiger partial charge in [0.1, 0.15) is 17.7 Å². The topological polar surface area (TPSA) is 41.6 Å². The van der Waals surface area contributed by atoms with E-state index >= 15 is 0 Å². The van der Waals surface area contributed by atoms with Gasteiger partial charge in [0.2, 0.25) is 0 Å². The number of carbonyl (C=O) groups excluding carboxylic acids is 1. The van der Waals surface area contributed by atoms with Crippen molar-refractivity contribution >= 4 is 6.03 Å². The molecule has 23 heavy (non-hydrogen) atoms. The van der Waals surface area contributed by atoms with Crippen molar-refractivity contribution < 1.29 is 13.9 Å². The van der Waals surface area contributed by atoms with E-state index in [-0.39, 0.29) is 18.0 Å². The molecule has 1 unspecified atom stereocenters. The van der Waals surface area contributed by atoms with Crippen molar-refractivity contribution in [1.29, 1.82) is 0 Å². The molecule has 1 N–H and O–H groups in total. The minimum absolute atomic E-state index is 0.0319. The molecular formula is C18H19FN2O2. The van der Waals surface area contributed by atoms with Crippen LogP contribution in [-0.4, -0.2) is 30.6 Å². The fourth-order valence-electron chi connectivity index (χ4n) is 2.64. The van der Waals surface area contributed by atoms with E-state index in [0.717, 1.165) is 17.7 Å². The van der Waals surface area contributed by atoms with Gasteiger partial charge in [-0.25, -0.2) is 9.18 Å². The summed E-state index contributed by atoms with van der Waals surface area (Å²) >= 11 is 0. The fraction of sp³-hybridized carbons (Fsp3) is 0.278. The van der Waals surface area contributed by atoms with Crippen molar-refractivity contribution in [3.05, 3.63) is 65.5 Å². The van der Waals surface area contributed by atoms with E-state index in [1.54, 1.807) is 24.1 Å². The lowest BCUT2D eigenvalue weighted by molar-refractivity contribution is 0.191. The molecule has 3 rings (SSSR count). The Morgan fingerprint density at radius 2 is 2.00 bits per heavy atom. The minimum Gasteiger partial charge on any atom is -0.488 e. The summed E-state index contributed by atoms with van der Waals surface area (Å²) in [6.45, 7) is 0.888. The molecule has 2 aromatic carbocycles. The van der Waals surface area contributed by atoms with Crippen molar-refractivity contribution in [3.8, 4) is 5.75 Å². The van der Waals surface area contributed by atoms with E-state index in [9.17, 15) is 9.18 Å². The van der Waals surface area contributed by atoms with Crippen LogP contribution in [-0.2, 0) is 13.0 Å². The highest BCUT2D eigenvalue weighted by molar-refractivity contribution is 5.73. The van der Waals surface area contributed by atoms with Gasteiger partial charge in [-0.15, -0.1) is 0 Å². The summed E-state index contributed by atoms with van der Waals surface area (Å²) in [5.74, 6) is 0.616. The van der Waals surface area contributed by atoms with Crippen molar-refractivity contribution in [2.45, 2.75) is 19.1 Å². The van der Waals surface area contributed by atoms with Gasteiger partial charge in [-0.2, -0.15) is 0 Å². The molecule has 0 bridgehead atoms. The Morgan fingerprint density at radius 3 is 2.74 bits per heavy atom. The molecule has 1 atom stereocenters. The first-order valence-electron chi connectivity index (χ1n) is 7.60. The summed E-state index contributed by atoms with van der Waals surface area (Å²) in [6.07, 6.45) is 0.772. The Labute approximate surface area is 134 Å². The maximum absolute atomic E-state index is 12.9. The number of benzene rings is 2. The maximum atomic E-state index is 12.9. The average molecular weight is 314 g/mol. The largest absolute Gasteiger partial charge is 0.488 e. The number of amides is 2. The average Bonchev–Trinajstić information content (AvgIpc) is 2.97. The van der Waals surface area contributed by atoms with E-state index in [2.05, 4.69) is 5.32 Å². The predicted molar refractivity (Wildman–Crippen MR) is 85.8 cm³/mol. The van der Waals surface area contributed by atoms with Crippen LogP contribution in [0.1, 0.15) is 11.1 Å². The first-order chi connectivity index (χ1) is 11.1. The number of hydrogen-bond donors (Lipinski definition) is 1. The molecule has 5 heteroatoms. The number of para-hydroxylation sites is 1. The standard InChI is InChI=1S/C18H19FN2O2/c1-21(12-13-6-8-15(19)9-7-13)18(22)20-11-16-10-14-4-2-3-5-17(14)23-16/h2-9,16H,10-12H2,1H3,(H,20,22). The van der Waals surface area contributed by atoms with E-state index in [4.69, 9.17) is 4.74 Å². The third-order valence-corrected chi connectivity index (χ3v) is 3.87. The van der Waals surface area contributed by atoms with Crippen molar-refractivity contribution in [1.82, 2.24) is 10.2 Å². The van der Waals surface area contributed by atoms with E-state index in [1.807, 2.05) is 24.3 Å². The molecule has 120 valence electrons. The van der Waals surface area contributed by atoms with Gasteiger partial charge < -0.3 is 15.0 Å². The number of ether oxygens (including phenoxy) is 1. The smallest absolute Gasteiger partial charge is 0.317 e. The summed E-state index contributed by atoms with van der Waals surface area (Å²) in [5, 5.41) is 2.88. The lowest BCUT2D eigenvalue weighted by Gasteiger charge is -2.19. The molecule has 2 aromatic rings. The highest BCUT2D eigenvalue weighted by atomic mass is 19.1. The second-order valence-electron chi connectivity index (χ2n) is 5.72. The van der Waals surface area contributed by atoms with E-state index in [1.165, 1.54) is 17.7 Å². The van der Waals surface area contributed by atoms with Gasteiger partial charge in [0.25, 0.3) is 0 Å². The highest BCUT2D eigenvalue weighted by Crippen LogP contribution is 2.27. The molecule has 2 amide bonds. The number of rotatable bonds is 4. The molecule has 0 saturated heterocycles. The van der Waals surface area contributed by atoms with Crippen molar-refractivity contribution in [3.63, 3.8) is 0 Å². The Hall–Kier alpha value is -2.56. The van der Waals surface area contributed by atoms with Gasteiger partial charge in [-0.3, -0.25) is 0 Å². The maximum Gasteiger partial charge on any atom is 0.317 e. The number of nitrogens with one attached hydrogen (secondary N) is 1. The summed E-state index contributed by atoms with van der Waals surface area (Å²) < 4.78 is 18.7. The van der Waals surface area contributed by atoms with Gasteiger partial charge >= 0.3 is 6.03 Å². The second kappa shape index (κ2) is 6.69. The van der Waals surface area contributed by atoms with Gasteiger partial charge in [0.15, 0.2) is 0 Å². The highest BCUT2D eigenvalue weighted by Gasteiger charge is 2.23. The van der Waals surface area contributed by atoms with Crippen LogP contribution in [0.4, 0.5) is 9.18 Å². The third-order valence-electron chi connectivity index (χ3n) is 3.87. The van der Waals surface area contributed by atoms with Gasteiger partial charge in [0, 0.05) is 20.0 Å². The lowest BCUT2D eigenvalue weighted by Crippen LogP contribution is -2.41. The molecule has 0 aliphatic carbocycles. The second-order valence-corrected chi connectivity index (χ2v) is 5.72. The Bertz CT molecular complexity index is 663. The third kappa shape index (κ3) is 3.80. The molecule has 1 heterocycles. The van der Waals surface area contributed by atoms with Gasteiger partial charge in [0.05, 0.1) is 6.54 Å². The predicted octanol–water partition coefficient (Wildman–Crippen LogP) is 2.97. The number of carbonyl (C=O) groups is 1. The number of halogens is 1. The molecule has 4 nitrogen and oxygen atoms in total. The van der Waals surface area contributed by atoms with Gasteiger partial charge in [-0.05, 0) is 29.3 Å². The Morgan fingerprint density at radius 1 is 1.26 bits per heavy atom. The SMILES string of the molecule is CN(Cc1ccc(F)cc1)C(=O)NCC1Cc2ccccc2O1. The zero-order chi connectivity index (χ0) is 16.2. The molecule has 0 radical (unpaired) electrons. The van der Waals surface area contributed by atoms with E-state index in [0.29, 0.717) is 13.1 Å². The summed E-state index contributed by atoms with van der Waals surface area (Å²) in [5.41, 5.74) is 2.06. The summed E-state index contributed by atoms with van der Waals surface area (Å²) in [6, 6.07) is 13.9. The quantitative estimate of drug-likeness (QED) is 0.942. The zero-order valence-corrected chi connectivity index (χ0v) is 13.0. The number of urea groups is 1. The first kappa shape index (κ1) is 15.3. The van der Waals surface area contributed by atoms with Crippen LogP contribution in [0.5, 0.6) is 5.75 Å². The van der Waals surface area contributed by atoms with Gasteiger partial charge in [-0.1, -0.05) is 30.3 Å². The summed E-state index contributed by atoms with van der Waals surface area (Å²) in [4.78, 5) is 13.7. The fourth-order valence-corrected chi connectivity index (χ4v) is 2.64. The van der Waals surface area contributed by atoms with Crippen molar-refractivity contribution in [2.75, 3.05) is 13.6 Å². The van der Waals surface area contributed by atoms with Crippen LogP contribution >= 0.6 is 0 Å². The van der Waals surface area contributed by atoms with Crippen LogP contribution in [0.3, 0.4) is 0 Å². The number of nitrogens with zero attached hydrogens (tertiary/aromatic N) is 1. The van der Waals surface area contributed by atoms with E-state index < -0.39 is 0 Å². The van der Waals surface area contributed by atoms with Crippen LogP contribution in [0.15, 0.2) is 48.5 Å². The number of fused-ring (bicyclic) bond motifs is 1. The van der Waals surface area contributed by atoms with Crippen LogP contribution < -0.4 is 10.1 Å². The number of hydrogen-bond acceptors (Lipinski definition) is 2. The molecule has 0 spiro atoms. The van der Waals surface area contributed by atoms with Crippen molar-refractivity contribution in [2.24, 2.45) is 0 Å². The molecular weight excluding hydrogens is 295 g/mol. The molecule has 1 aliphatic rings. The monoisotopic (exact) mass is 314 g/mol. The Kier molecular flexibility index (Phi) is 4.46. The van der Waals surface area contributed by atoms with Crippen LogP contribution in [0.2, 0.25) is 0 Å². The molecule has 0 fully saturated rings. The summed E-state index contributed by atoms with van der Waals surface area (Å²) in [7, 11) is 1.71. The normalized spacial score (nSPS) is 15.7. The van der Waals surface area contributed by atoms with Crippen LogP contribution in [0.25, 0.3) is 0 Å². The minimum atomic E-state index is -0.279. The zero-order valence-electron chi connectivity index (χ0n) is 13.0. The Balaban J connectivity index is 1.47. The molecule has 0 aromatic heterocycles. The lowest BCUT2D eigenvalue weighted by atomic mass is 10.1. The van der Waals surface area contributed by atoms with Crippen LogP contribution in [0, 0.1) is 5.82 Å².